The zero-order chi connectivity index (χ0) is 17.8. The van der Waals surface area contributed by atoms with Crippen molar-refractivity contribution >= 4 is 29.1 Å². The van der Waals surface area contributed by atoms with E-state index < -0.39 is 0 Å². The third-order valence-electron chi connectivity index (χ3n) is 4.89. The van der Waals surface area contributed by atoms with Crippen LogP contribution in [0.15, 0.2) is 36.4 Å². The summed E-state index contributed by atoms with van der Waals surface area (Å²) in [6.07, 6.45) is 5.90. The third-order valence-corrected chi connectivity index (χ3v) is 5.47. The molecule has 0 bridgehead atoms. The number of carbonyl (C=O) groups excluding carboxylic acids is 1. The van der Waals surface area contributed by atoms with Gasteiger partial charge in [0.25, 0.3) is 0 Å². The minimum absolute atomic E-state index is 0.0143. The van der Waals surface area contributed by atoms with Crippen molar-refractivity contribution < 1.29 is 4.79 Å². The second-order valence-electron chi connectivity index (χ2n) is 6.76. The molecule has 0 radical (unpaired) electrons. The molecule has 0 heterocycles. The van der Waals surface area contributed by atoms with Crippen LogP contribution < -0.4 is 5.32 Å². The molecule has 2 aromatic carbocycles. The van der Waals surface area contributed by atoms with Crippen LogP contribution in [0.5, 0.6) is 0 Å². The van der Waals surface area contributed by atoms with Gasteiger partial charge in [-0.05, 0) is 73.4 Å². The van der Waals surface area contributed by atoms with Gasteiger partial charge in [-0.15, -0.1) is 0 Å². The van der Waals surface area contributed by atoms with E-state index in [-0.39, 0.29) is 11.9 Å². The Bertz CT molecular complexity index is 772. The van der Waals surface area contributed by atoms with E-state index in [1.54, 1.807) is 12.1 Å². The molecule has 3 rings (SSSR count). The number of fused-ring (bicyclic) bond motifs is 1. The largest absolute Gasteiger partial charge is 0.350 e. The normalized spacial score (nSPS) is 14.7. The Hall–Kier alpha value is -1.51. The summed E-state index contributed by atoms with van der Waals surface area (Å²) in [6, 6.07) is 12.0. The van der Waals surface area contributed by atoms with Crippen molar-refractivity contribution in [3.05, 3.63) is 68.7 Å². The van der Waals surface area contributed by atoms with Crippen LogP contribution in [0, 0.1) is 0 Å². The third kappa shape index (κ3) is 4.77. The van der Waals surface area contributed by atoms with Crippen LogP contribution in [0.2, 0.25) is 10.0 Å². The minimum Gasteiger partial charge on any atom is -0.350 e. The van der Waals surface area contributed by atoms with Gasteiger partial charge in [-0.25, -0.2) is 0 Å². The number of aryl methyl sites for hydroxylation is 3. The van der Waals surface area contributed by atoms with Crippen molar-refractivity contribution in [1.82, 2.24) is 5.32 Å². The Morgan fingerprint density at radius 2 is 1.84 bits per heavy atom. The fourth-order valence-corrected chi connectivity index (χ4v) is 3.90. The van der Waals surface area contributed by atoms with E-state index in [0.29, 0.717) is 22.9 Å². The monoisotopic (exact) mass is 375 g/mol. The van der Waals surface area contributed by atoms with Crippen LogP contribution in [-0.2, 0) is 24.1 Å². The van der Waals surface area contributed by atoms with Crippen LogP contribution >= 0.6 is 23.2 Å². The summed E-state index contributed by atoms with van der Waals surface area (Å²) in [4.78, 5) is 12.3. The van der Waals surface area contributed by atoms with Crippen molar-refractivity contribution in [2.45, 2.75) is 51.5 Å². The predicted molar refractivity (Wildman–Crippen MR) is 104 cm³/mol. The maximum absolute atomic E-state index is 12.3. The number of halogens is 2. The lowest BCUT2D eigenvalue weighted by molar-refractivity contribution is -0.121. The number of amides is 1. The average molecular weight is 376 g/mol. The highest BCUT2D eigenvalue weighted by molar-refractivity contribution is 6.35. The molecule has 2 aromatic rings. The Morgan fingerprint density at radius 1 is 1.08 bits per heavy atom. The number of hydrogen-bond acceptors (Lipinski definition) is 1. The smallest absolute Gasteiger partial charge is 0.220 e. The SMILES string of the molecule is CC(NC(=O)CCc1ccc(Cl)cc1Cl)c1ccc2c(c1)CCCC2. The molecule has 1 N–H and O–H groups in total. The first kappa shape index (κ1) is 18.3. The maximum Gasteiger partial charge on any atom is 0.220 e. The molecule has 1 atom stereocenters. The topological polar surface area (TPSA) is 29.1 Å². The van der Waals surface area contributed by atoms with Gasteiger partial charge in [0.1, 0.15) is 0 Å². The van der Waals surface area contributed by atoms with Gasteiger partial charge in [0, 0.05) is 16.5 Å². The van der Waals surface area contributed by atoms with Gasteiger partial charge in [0.05, 0.1) is 6.04 Å². The zero-order valence-electron chi connectivity index (χ0n) is 14.4. The second kappa shape index (κ2) is 8.25. The lowest BCUT2D eigenvalue weighted by atomic mass is 9.89. The summed E-state index contributed by atoms with van der Waals surface area (Å²) >= 11 is 12.1. The highest BCUT2D eigenvalue weighted by atomic mass is 35.5. The fraction of sp³-hybridized carbons (Fsp3) is 0.381. The quantitative estimate of drug-likeness (QED) is 0.714. The van der Waals surface area contributed by atoms with Gasteiger partial charge in [-0.1, -0.05) is 47.5 Å². The fourth-order valence-electron chi connectivity index (χ4n) is 3.39. The van der Waals surface area contributed by atoms with Crippen molar-refractivity contribution in [3.8, 4) is 0 Å². The molecule has 0 saturated carbocycles. The van der Waals surface area contributed by atoms with Crippen molar-refractivity contribution in [2.24, 2.45) is 0 Å². The van der Waals surface area contributed by atoms with E-state index in [4.69, 9.17) is 23.2 Å². The predicted octanol–water partition coefficient (Wildman–Crippen LogP) is 5.68. The Balaban J connectivity index is 1.57. The van der Waals surface area contributed by atoms with E-state index in [1.165, 1.54) is 36.0 Å². The van der Waals surface area contributed by atoms with Crippen LogP contribution in [0.3, 0.4) is 0 Å². The van der Waals surface area contributed by atoms with Crippen LogP contribution in [-0.4, -0.2) is 5.91 Å². The van der Waals surface area contributed by atoms with Crippen molar-refractivity contribution in [3.63, 3.8) is 0 Å². The molecular formula is C21H23Cl2NO. The lowest BCUT2D eigenvalue weighted by Crippen LogP contribution is -2.27. The van der Waals surface area contributed by atoms with E-state index in [1.807, 2.05) is 13.0 Å². The van der Waals surface area contributed by atoms with Gasteiger partial charge in [-0.3, -0.25) is 4.79 Å². The van der Waals surface area contributed by atoms with Gasteiger partial charge in [0.2, 0.25) is 5.91 Å². The maximum atomic E-state index is 12.3. The molecule has 0 aliphatic heterocycles. The molecular weight excluding hydrogens is 353 g/mol. The van der Waals surface area contributed by atoms with E-state index >= 15 is 0 Å². The zero-order valence-corrected chi connectivity index (χ0v) is 16.0. The molecule has 1 aliphatic carbocycles. The standard InChI is InChI=1S/C21H23Cl2NO/c1-14(17-7-6-15-4-2-3-5-18(15)12-17)24-21(25)11-9-16-8-10-19(22)13-20(16)23/h6-8,10,12-14H,2-5,9,11H2,1H3,(H,24,25). The molecule has 2 nitrogen and oxygen atoms in total. The first-order valence-corrected chi connectivity index (χ1v) is 9.63. The van der Waals surface area contributed by atoms with Crippen molar-refractivity contribution in [1.29, 1.82) is 0 Å². The lowest BCUT2D eigenvalue weighted by Gasteiger charge is -2.20. The van der Waals surface area contributed by atoms with Crippen LogP contribution in [0.4, 0.5) is 0 Å². The summed E-state index contributed by atoms with van der Waals surface area (Å²) in [6.45, 7) is 2.04. The molecule has 132 valence electrons. The van der Waals surface area contributed by atoms with Gasteiger partial charge in [-0.2, -0.15) is 0 Å². The molecule has 0 fully saturated rings. The molecule has 0 saturated heterocycles. The molecule has 0 aromatic heterocycles. The first-order valence-electron chi connectivity index (χ1n) is 8.88. The van der Waals surface area contributed by atoms with Crippen LogP contribution in [0.1, 0.15) is 54.5 Å². The molecule has 25 heavy (non-hydrogen) atoms. The first-order chi connectivity index (χ1) is 12.0. The van der Waals surface area contributed by atoms with Gasteiger partial charge in [0.15, 0.2) is 0 Å². The summed E-state index contributed by atoms with van der Waals surface area (Å²) < 4.78 is 0. The molecule has 1 amide bonds. The molecule has 0 spiro atoms. The van der Waals surface area contributed by atoms with Crippen molar-refractivity contribution in [2.75, 3.05) is 0 Å². The highest BCUT2D eigenvalue weighted by Gasteiger charge is 2.14. The number of rotatable bonds is 5. The highest BCUT2D eigenvalue weighted by Crippen LogP contribution is 2.25. The minimum atomic E-state index is 0.0143. The van der Waals surface area contributed by atoms with Gasteiger partial charge >= 0.3 is 0 Å². The summed E-state index contributed by atoms with van der Waals surface area (Å²) in [5.41, 5.74) is 5.03. The Labute approximate surface area is 159 Å². The average Bonchev–Trinajstić information content (AvgIpc) is 2.60. The Kier molecular flexibility index (Phi) is 6.03. The molecule has 1 aliphatic rings. The Morgan fingerprint density at radius 3 is 2.60 bits per heavy atom. The number of nitrogens with one attached hydrogen (secondary N) is 1. The number of benzene rings is 2. The summed E-state index contributed by atoms with van der Waals surface area (Å²) in [5, 5.41) is 4.32. The van der Waals surface area contributed by atoms with E-state index in [9.17, 15) is 4.79 Å². The number of hydrogen-bond donors (Lipinski definition) is 1. The second-order valence-corrected chi connectivity index (χ2v) is 7.60. The molecule has 4 heteroatoms. The van der Waals surface area contributed by atoms with Crippen LogP contribution in [0.25, 0.3) is 0 Å². The van der Waals surface area contributed by atoms with Gasteiger partial charge < -0.3 is 5.32 Å². The number of carbonyl (C=O) groups is 1. The van der Waals surface area contributed by atoms with E-state index in [2.05, 4.69) is 23.5 Å². The molecule has 1 unspecified atom stereocenters. The summed E-state index contributed by atoms with van der Waals surface area (Å²) in [5.74, 6) is 0.0382. The summed E-state index contributed by atoms with van der Waals surface area (Å²) in [7, 11) is 0. The van der Waals surface area contributed by atoms with E-state index in [0.717, 1.165) is 12.0 Å².